The number of hydrogen-bond donors (Lipinski definition) is 1. The molecule has 20 heavy (non-hydrogen) atoms. The number of carbonyl (C=O) groups is 1. The molecule has 1 aromatic carbocycles. The molecule has 0 aliphatic rings. The number of rotatable bonds is 4. The van der Waals surface area contributed by atoms with E-state index in [1.54, 1.807) is 7.11 Å². The molecule has 0 spiro atoms. The summed E-state index contributed by atoms with van der Waals surface area (Å²) in [5.41, 5.74) is 0.813. The van der Waals surface area contributed by atoms with Crippen LogP contribution in [-0.4, -0.2) is 38.2 Å². The summed E-state index contributed by atoms with van der Waals surface area (Å²) < 4.78 is 7.43. The van der Waals surface area contributed by atoms with Gasteiger partial charge in [0.1, 0.15) is 18.6 Å². The van der Waals surface area contributed by atoms with Gasteiger partial charge in [-0.3, -0.25) is 4.79 Å². The van der Waals surface area contributed by atoms with Gasteiger partial charge in [-0.15, -0.1) is 5.10 Å². The highest BCUT2D eigenvalue weighted by molar-refractivity contribution is 7.22. The number of methoxy groups -OCH3 is 1. The predicted molar refractivity (Wildman–Crippen MR) is 72.6 cm³/mol. The minimum Gasteiger partial charge on any atom is -0.497 e. The fourth-order valence-electron chi connectivity index (χ4n) is 1.64. The first-order chi connectivity index (χ1) is 9.74. The van der Waals surface area contributed by atoms with E-state index in [0.29, 0.717) is 5.13 Å². The molecule has 3 aromatic rings. The molecule has 1 N–H and O–H groups in total. The summed E-state index contributed by atoms with van der Waals surface area (Å²) in [6.07, 6.45) is 1.38. The average Bonchev–Trinajstić information content (AvgIpc) is 3.06. The van der Waals surface area contributed by atoms with E-state index < -0.39 is 0 Å². The van der Waals surface area contributed by atoms with Crippen molar-refractivity contribution in [2.45, 2.75) is 6.54 Å². The molecule has 3 rings (SSSR count). The van der Waals surface area contributed by atoms with E-state index in [2.05, 4.69) is 25.8 Å². The third-order valence-electron chi connectivity index (χ3n) is 2.54. The average molecular weight is 290 g/mol. The number of hydrogen-bond acceptors (Lipinski definition) is 7. The van der Waals surface area contributed by atoms with E-state index in [9.17, 15) is 4.79 Å². The quantitative estimate of drug-likeness (QED) is 0.768. The zero-order valence-corrected chi connectivity index (χ0v) is 11.3. The van der Waals surface area contributed by atoms with Crippen molar-refractivity contribution < 1.29 is 9.53 Å². The van der Waals surface area contributed by atoms with Crippen LogP contribution in [0.15, 0.2) is 24.5 Å². The Labute approximate surface area is 117 Å². The van der Waals surface area contributed by atoms with Gasteiger partial charge in [-0.05, 0) is 28.6 Å². The van der Waals surface area contributed by atoms with Gasteiger partial charge in [0.2, 0.25) is 5.91 Å². The molecule has 102 valence electrons. The van der Waals surface area contributed by atoms with Crippen molar-refractivity contribution in [1.82, 2.24) is 25.2 Å². The van der Waals surface area contributed by atoms with Gasteiger partial charge >= 0.3 is 0 Å². The van der Waals surface area contributed by atoms with Crippen molar-refractivity contribution in [3.63, 3.8) is 0 Å². The van der Waals surface area contributed by atoms with Crippen molar-refractivity contribution in [3.05, 3.63) is 24.5 Å². The highest BCUT2D eigenvalue weighted by atomic mass is 32.1. The third-order valence-corrected chi connectivity index (χ3v) is 3.47. The first kappa shape index (κ1) is 12.5. The lowest BCUT2D eigenvalue weighted by Crippen LogP contribution is -2.19. The van der Waals surface area contributed by atoms with E-state index in [-0.39, 0.29) is 12.5 Å². The zero-order chi connectivity index (χ0) is 13.9. The second-order valence-electron chi connectivity index (χ2n) is 3.91. The molecule has 0 bridgehead atoms. The van der Waals surface area contributed by atoms with Crippen molar-refractivity contribution in [2.24, 2.45) is 0 Å². The topological polar surface area (TPSA) is 94.8 Å². The lowest BCUT2D eigenvalue weighted by molar-refractivity contribution is -0.116. The normalized spacial score (nSPS) is 10.7. The summed E-state index contributed by atoms with van der Waals surface area (Å²) in [4.78, 5) is 16.1. The molecule has 0 aliphatic carbocycles. The first-order valence-corrected chi connectivity index (χ1v) is 6.51. The molecule has 0 saturated carbocycles. The second-order valence-corrected chi connectivity index (χ2v) is 4.94. The van der Waals surface area contributed by atoms with E-state index >= 15 is 0 Å². The summed E-state index contributed by atoms with van der Waals surface area (Å²) in [5, 5.41) is 13.8. The van der Waals surface area contributed by atoms with Crippen LogP contribution in [0.25, 0.3) is 10.2 Å². The largest absolute Gasteiger partial charge is 0.497 e. The SMILES string of the molecule is COc1ccc2nc(NC(=O)Cn3cnnn3)sc2c1. The lowest BCUT2D eigenvalue weighted by atomic mass is 10.3. The molecule has 0 atom stereocenters. The van der Waals surface area contributed by atoms with E-state index in [0.717, 1.165) is 16.0 Å². The number of nitrogens with zero attached hydrogens (tertiary/aromatic N) is 5. The van der Waals surface area contributed by atoms with Crippen LogP contribution >= 0.6 is 11.3 Å². The summed E-state index contributed by atoms with van der Waals surface area (Å²) in [6, 6.07) is 5.56. The second kappa shape index (κ2) is 5.21. The maximum atomic E-state index is 11.8. The number of aromatic nitrogens is 5. The molecule has 0 unspecified atom stereocenters. The Morgan fingerprint density at radius 2 is 2.40 bits per heavy atom. The fraction of sp³-hybridized carbons (Fsp3) is 0.182. The number of tetrazole rings is 1. The van der Waals surface area contributed by atoms with Crippen LogP contribution < -0.4 is 10.1 Å². The molecule has 0 fully saturated rings. The number of ether oxygens (including phenoxy) is 1. The lowest BCUT2D eigenvalue weighted by Gasteiger charge is -1.99. The number of amides is 1. The van der Waals surface area contributed by atoms with Crippen molar-refractivity contribution in [2.75, 3.05) is 12.4 Å². The minimum absolute atomic E-state index is 0.0479. The zero-order valence-electron chi connectivity index (χ0n) is 10.5. The van der Waals surface area contributed by atoms with Crippen LogP contribution in [0.3, 0.4) is 0 Å². The summed E-state index contributed by atoms with van der Waals surface area (Å²) in [5.74, 6) is 0.524. The number of anilines is 1. The summed E-state index contributed by atoms with van der Waals surface area (Å²) in [7, 11) is 1.61. The number of benzene rings is 1. The predicted octanol–water partition coefficient (Wildman–Crippen LogP) is 0.930. The van der Waals surface area contributed by atoms with Crippen molar-refractivity contribution >= 4 is 32.6 Å². The van der Waals surface area contributed by atoms with Gasteiger partial charge in [-0.25, -0.2) is 9.67 Å². The van der Waals surface area contributed by atoms with Crippen molar-refractivity contribution in [3.8, 4) is 5.75 Å². The molecule has 0 saturated heterocycles. The van der Waals surface area contributed by atoms with Gasteiger partial charge in [-0.2, -0.15) is 0 Å². The molecular weight excluding hydrogens is 280 g/mol. The third kappa shape index (κ3) is 2.57. The smallest absolute Gasteiger partial charge is 0.248 e. The molecule has 8 nitrogen and oxygen atoms in total. The molecule has 9 heteroatoms. The Morgan fingerprint density at radius 1 is 1.50 bits per heavy atom. The van der Waals surface area contributed by atoms with Crippen molar-refractivity contribution in [1.29, 1.82) is 0 Å². The Kier molecular flexibility index (Phi) is 3.25. The van der Waals surface area contributed by atoms with Gasteiger partial charge in [0.15, 0.2) is 5.13 Å². The van der Waals surface area contributed by atoms with Crippen LogP contribution in [0, 0.1) is 0 Å². The standard InChI is InChI=1S/C11H10N6O2S/c1-19-7-2-3-8-9(4-7)20-11(13-8)14-10(18)5-17-6-12-15-16-17/h2-4,6H,5H2,1H3,(H,13,14,18). The number of thiazole rings is 1. The molecule has 0 radical (unpaired) electrons. The Hall–Kier alpha value is -2.55. The highest BCUT2D eigenvalue weighted by Crippen LogP contribution is 2.29. The minimum atomic E-state index is -0.233. The Balaban J connectivity index is 1.75. The molecule has 2 heterocycles. The van der Waals surface area contributed by atoms with Crippen LogP contribution in [0.1, 0.15) is 0 Å². The molecule has 0 aliphatic heterocycles. The molecule has 2 aromatic heterocycles. The first-order valence-electron chi connectivity index (χ1n) is 5.70. The maximum Gasteiger partial charge on any atom is 0.248 e. The van der Waals surface area contributed by atoms with Crippen LogP contribution in [0.5, 0.6) is 5.75 Å². The summed E-state index contributed by atoms with van der Waals surface area (Å²) >= 11 is 1.38. The van der Waals surface area contributed by atoms with E-state index in [1.165, 1.54) is 22.3 Å². The van der Waals surface area contributed by atoms with Gasteiger partial charge in [-0.1, -0.05) is 11.3 Å². The number of fused-ring (bicyclic) bond motifs is 1. The highest BCUT2D eigenvalue weighted by Gasteiger charge is 2.09. The van der Waals surface area contributed by atoms with Gasteiger partial charge in [0.05, 0.1) is 17.3 Å². The van der Waals surface area contributed by atoms with E-state index in [1.807, 2.05) is 18.2 Å². The number of nitrogens with one attached hydrogen (secondary N) is 1. The van der Waals surface area contributed by atoms with Crippen LogP contribution in [0.4, 0.5) is 5.13 Å². The van der Waals surface area contributed by atoms with Crippen LogP contribution in [0.2, 0.25) is 0 Å². The fourth-order valence-corrected chi connectivity index (χ4v) is 2.55. The summed E-state index contributed by atoms with van der Waals surface area (Å²) in [6.45, 7) is 0.0479. The monoisotopic (exact) mass is 290 g/mol. The number of carbonyl (C=O) groups excluding carboxylic acids is 1. The van der Waals surface area contributed by atoms with Gasteiger partial charge in [0.25, 0.3) is 0 Å². The maximum absolute atomic E-state index is 11.8. The Morgan fingerprint density at radius 3 is 3.15 bits per heavy atom. The van der Waals surface area contributed by atoms with Gasteiger partial charge in [0, 0.05) is 0 Å². The Bertz CT molecular complexity index is 739. The van der Waals surface area contributed by atoms with Crippen LogP contribution in [-0.2, 0) is 11.3 Å². The van der Waals surface area contributed by atoms with E-state index in [4.69, 9.17) is 4.74 Å². The molecule has 1 amide bonds. The molecular formula is C11H10N6O2S. The van der Waals surface area contributed by atoms with Gasteiger partial charge < -0.3 is 10.1 Å².